The molecule has 0 aliphatic carbocycles. The first-order valence-corrected chi connectivity index (χ1v) is 10.5. The minimum absolute atomic E-state index is 0.0211. The lowest BCUT2D eigenvalue weighted by Crippen LogP contribution is -2.35. The Labute approximate surface area is 188 Å². The fourth-order valence-corrected chi connectivity index (χ4v) is 3.91. The molecular formula is C23H20ClF2N3O3. The molecule has 2 aromatic carbocycles. The van der Waals surface area contributed by atoms with Gasteiger partial charge < -0.3 is 14.7 Å². The van der Waals surface area contributed by atoms with Crippen molar-refractivity contribution in [3.63, 3.8) is 0 Å². The van der Waals surface area contributed by atoms with Crippen molar-refractivity contribution in [1.82, 2.24) is 9.97 Å². The molecule has 166 valence electrons. The summed E-state index contributed by atoms with van der Waals surface area (Å²) in [7, 11) is 0. The summed E-state index contributed by atoms with van der Waals surface area (Å²) in [6.45, 7) is 0.796. The van der Waals surface area contributed by atoms with E-state index in [1.54, 1.807) is 29.2 Å². The van der Waals surface area contributed by atoms with E-state index in [9.17, 15) is 13.6 Å². The van der Waals surface area contributed by atoms with Crippen LogP contribution >= 0.6 is 11.6 Å². The topological polar surface area (TPSA) is 75.5 Å². The molecule has 32 heavy (non-hydrogen) atoms. The average molecular weight is 460 g/mol. The molecule has 4 rings (SSSR count). The first-order chi connectivity index (χ1) is 15.4. The Bertz CT molecular complexity index is 1100. The number of nitrogens with zero attached hydrogens (tertiary/aromatic N) is 3. The second-order valence-corrected chi connectivity index (χ2v) is 8.05. The quantitative estimate of drug-likeness (QED) is 0.520. The Morgan fingerprint density at radius 3 is 2.41 bits per heavy atom. The Kier molecular flexibility index (Phi) is 6.50. The molecule has 1 N–H and O–H groups in total. The van der Waals surface area contributed by atoms with Crippen LogP contribution in [-0.2, 0) is 4.79 Å². The third-order valence-electron chi connectivity index (χ3n) is 5.36. The number of hydrogen-bond acceptors (Lipinski definition) is 5. The molecule has 0 radical (unpaired) electrons. The van der Waals surface area contributed by atoms with Crippen molar-refractivity contribution < 1.29 is 23.4 Å². The number of carboxylic acids is 1. The van der Waals surface area contributed by atoms with Gasteiger partial charge in [0.05, 0.1) is 18.1 Å². The van der Waals surface area contributed by atoms with E-state index >= 15 is 0 Å². The fourth-order valence-electron chi connectivity index (χ4n) is 3.78. The van der Waals surface area contributed by atoms with Gasteiger partial charge in [0.1, 0.15) is 23.1 Å². The molecule has 3 aromatic rings. The number of piperidine rings is 1. The second-order valence-electron chi connectivity index (χ2n) is 7.62. The number of benzene rings is 2. The number of rotatable bonds is 6. The van der Waals surface area contributed by atoms with Gasteiger partial charge in [-0.2, -0.15) is 0 Å². The summed E-state index contributed by atoms with van der Waals surface area (Å²) in [5.74, 6) is -1.57. The van der Waals surface area contributed by atoms with Crippen molar-refractivity contribution in [3.8, 4) is 22.9 Å². The third kappa shape index (κ3) is 5.13. The van der Waals surface area contributed by atoms with Gasteiger partial charge in [0.25, 0.3) is 0 Å². The van der Waals surface area contributed by atoms with Crippen molar-refractivity contribution in [2.75, 3.05) is 18.0 Å². The average Bonchev–Trinajstić information content (AvgIpc) is 2.76. The lowest BCUT2D eigenvalue weighted by atomic mass is 9.93. The van der Waals surface area contributed by atoms with Gasteiger partial charge in [-0.1, -0.05) is 11.6 Å². The molecule has 1 aliphatic rings. The molecular weight excluding hydrogens is 440 g/mol. The summed E-state index contributed by atoms with van der Waals surface area (Å²) < 4.78 is 35.5. The molecule has 0 bridgehead atoms. The van der Waals surface area contributed by atoms with Crippen molar-refractivity contribution in [2.45, 2.75) is 19.3 Å². The van der Waals surface area contributed by atoms with Crippen LogP contribution in [0, 0.1) is 17.6 Å². The maximum Gasteiger partial charge on any atom is 0.303 e. The van der Waals surface area contributed by atoms with Crippen LogP contribution in [0.25, 0.3) is 11.3 Å². The van der Waals surface area contributed by atoms with E-state index in [1.807, 2.05) is 0 Å². The van der Waals surface area contributed by atoms with Gasteiger partial charge in [0.15, 0.2) is 0 Å². The zero-order valence-corrected chi connectivity index (χ0v) is 17.7. The predicted octanol–water partition coefficient (Wildman–Crippen LogP) is 5.56. The summed E-state index contributed by atoms with van der Waals surface area (Å²) in [5, 5.41) is 9.49. The van der Waals surface area contributed by atoms with Gasteiger partial charge in [-0.3, -0.25) is 9.78 Å². The largest absolute Gasteiger partial charge is 0.481 e. The van der Waals surface area contributed by atoms with Crippen LogP contribution in [0.2, 0.25) is 5.02 Å². The van der Waals surface area contributed by atoms with Crippen LogP contribution < -0.4 is 9.64 Å². The van der Waals surface area contributed by atoms with Crippen molar-refractivity contribution in [2.24, 2.45) is 5.92 Å². The fraction of sp³-hybridized carbons (Fsp3) is 0.261. The van der Waals surface area contributed by atoms with E-state index in [4.69, 9.17) is 21.4 Å². The highest BCUT2D eigenvalue weighted by molar-refractivity contribution is 6.30. The number of halogens is 3. The highest BCUT2D eigenvalue weighted by Crippen LogP contribution is 2.33. The van der Waals surface area contributed by atoms with E-state index < -0.39 is 17.6 Å². The van der Waals surface area contributed by atoms with Gasteiger partial charge in [0.2, 0.25) is 5.88 Å². The molecule has 0 unspecified atom stereocenters. The Morgan fingerprint density at radius 2 is 1.78 bits per heavy atom. The minimum Gasteiger partial charge on any atom is -0.481 e. The van der Waals surface area contributed by atoms with E-state index in [1.165, 1.54) is 24.5 Å². The normalized spacial score (nSPS) is 14.4. The number of aromatic nitrogens is 2. The molecule has 1 saturated heterocycles. The molecule has 2 heterocycles. The van der Waals surface area contributed by atoms with Crippen LogP contribution in [0.1, 0.15) is 19.3 Å². The van der Waals surface area contributed by atoms with Crippen LogP contribution in [-0.4, -0.2) is 34.1 Å². The first kappa shape index (κ1) is 22.0. The predicted molar refractivity (Wildman–Crippen MR) is 116 cm³/mol. The smallest absolute Gasteiger partial charge is 0.303 e. The SMILES string of the molecule is O=C(O)CC1CCN(c2c(F)cc(-c3cncc(Oc4ccc(Cl)cc4)n3)cc2F)CC1. The minimum atomic E-state index is -0.853. The molecule has 6 nitrogen and oxygen atoms in total. The number of carboxylic acid groups (broad SMARTS) is 1. The lowest BCUT2D eigenvalue weighted by Gasteiger charge is -2.33. The van der Waals surface area contributed by atoms with Crippen LogP contribution in [0.5, 0.6) is 11.6 Å². The van der Waals surface area contributed by atoms with Gasteiger partial charge in [-0.05, 0) is 55.2 Å². The van der Waals surface area contributed by atoms with E-state index in [-0.39, 0.29) is 35.2 Å². The monoisotopic (exact) mass is 459 g/mol. The zero-order valence-electron chi connectivity index (χ0n) is 17.0. The summed E-state index contributed by atoms with van der Waals surface area (Å²) in [6, 6.07) is 9.12. The molecule has 0 amide bonds. The van der Waals surface area contributed by atoms with Gasteiger partial charge in [-0.15, -0.1) is 0 Å². The molecule has 0 atom stereocenters. The number of carbonyl (C=O) groups is 1. The van der Waals surface area contributed by atoms with Crippen molar-refractivity contribution in [1.29, 1.82) is 0 Å². The zero-order chi connectivity index (χ0) is 22.7. The van der Waals surface area contributed by atoms with Crippen molar-refractivity contribution >= 4 is 23.3 Å². The number of hydrogen-bond donors (Lipinski definition) is 1. The number of aliphatic carboxylic acids is 1. The highest BCUT2D eigenvalue weighted by atomic mass is 35.5. The van der Waals surface area contributed by atoms with E-state index in [0.29, 0.717) is 36.7 Å². The maximum absolute atomic E-state index is 14.9. The summed E-state index contributed by atoms with van der Waals surface area (Å²) in [4.78, 5) is 20.9. The maximum atomic E-state index is 14.9. The van der Waals surface area contributed by atoms with Crippen molar-refractivity contribution in [3.05, 3.63) is 65.4 Å². The molecule has 1 fully saturated rings. The summed E-state index contributed by atoms with van der Waals surface area (Å²) in [6.07, 6.45) is 4.02. The summed E-state index contributed by atoms with van der Waals surface area (Å²) >= 11 is 5.86. The lowest BCUT2D eigenvalue weighted by molar-refractivity contribution is -0.138. The Morgan fingerprint density at radius 1 is 1.12 bits per heavy atom. The van der Waals surface area contributed by atoms with Crippen LogP contribution in [0.3, 0.4) is 0 Å². The second kappa shape index (κ2) is 9.48. The Balaban J connectivity index is 1.52. The number of ether oxygens (including phenoxy) is 1. The molecule has 9 heteroatoms. The van der Waals surface area contributed by atoms with E-state index in [0.717, 1.165) is 0 Å². The number of anilines is 1. The standard InChI is InChI=1S/C23H20ClF2N3O3/c24-16-1-3-17(4-2-16)32-21-13-27-12-20(28-21)15-10-18(25)23(19(26)11-15)29-7-5-14(6-8-29)9-22(30)31/h1-4,10-14H,5-9H2,(H,30,31). The molecule has 1 aromatic heterocycles. The van der Waals surface area contributed by atoms with Gasteiger partial charge in [-0.25, -0.2) is 13.8 Å². The Hall–Kier alpha value is -3.26. The van der Waals surface area contributed by atoms with Crippen LogP contribution in [0.4, 0.5) is 14.5 Å². The molecule has 0 spiro atoms. The molecule has 0 saturated carbocycles. The molecule has 1 aliphatic heterocycles. The van der Waals surface area contributed by atoms with Gasteiger partial charge >= 0.3 is 5.97 Å². The van der Waals surface area contributed by atoms with Gasteiger partial charge in [0, 0.05) is 30.1 Å². The van der Waals surface area contributed by atoms with E-state index in [2.05, 4.69) is 9.97 Å². The highest BCUT2D eigenvalue weighted by Gasteiger charge is 2.26. The first-order valence-electron chi connectivity index (χ1n) is 10.1. The third-order valence-corrected chi connectivity index (χ3v) is 5.61. The summed E-state index contributed by atoms with van der Waals surface area (Å²) in [5.41, 5.74) is 0.392. The van der Waals surface area contributed by atoms with Crippen LogP contribution in [0.15, 0.2) is 48.8 Å².